The van der Waals surface area contributed by atoms with E-state index in [0.717, 1.165) is 11.8 Å². The van der Waals surface area contributed by atoms with Crippen molar-refractivity contribution in [2.75, 3.05) is 44.6 Å². The predicted molar refractivity (Wildman–Crippen MR) is 105 cm³/mol. The lowest BCUT2D eigenvalue weighted by molar-refractivity contribution is -0.00837. The standard InChI is InChI=1S/C21H29N5O/c22-12-16-4-3-5-19(10-16)24-21(27)23-13-20-11-17-6-9-26(20)15-18(17)14-25-7-1-2-8-25/h3-5,10,17-18,20H,1-2,6-9,11,13-15H2,(H2,23,24,27). The summed E-state index contributed by atoms with van der Waals surface area (Å²) in [6, 6.07) is 9.35. The number of benzene rings is 1. The van der Waals surface area contributed by atoms with E-state index in [9.17, 15) is 4.79 Å². The molecule has 0 radical (unpaired) electrons. The van der Waals surface area contributed by atoms with Gasteiger partial charge in [-0.2, -0.15) is 5.26 Å². The summed E-state index contributed by atoms with van der Waals surface area (Å²) in [5.41, 5.74) is 1.20. The zero-order chi connectivity index (χ0) is 18.6. The zero-order valence-corrected chi connectivity index (χ0v) is 15.9. The highest BCUT2D eigenvalue weighted by molar-refractivity contribution is 5.89. The van der Waals surface area contributed by atoms with Crippen molar-refractivity contribution in [2.24, 2.45) is 11.8 Å². The maximum atomic E-state index is 12.2. The maximum absolute atomic E-state index is 12.2. The number of carbonyl (C=O) groups is 1. The molecule has 0 aliphatic carbocycles. The molecule has 4 unspecified atom stereocenters. The molecule has 4 aliphatic heterocycles. The van der Waals surface area contributed by atoms with Crippen molar-refractivity contribution >= 4 is 11.7 Å². The van der Waals surface area contributed by atoms with Crippen LogP contribution in [0.1, 0.15) is 31.2 Å². The van der Waals surface area contributed by atoms with E-state index in [1.165, 1.54) is 58.4 Å². The summed E-state index contributed by atoms with van der Waals surface area (Å²) in [4.78, 5) is 17.4. The Morgan fingerprint density at radius 1 is 1.26 bits per heavy atom. The summed E-state index contributed by atoms with van der Waals surface area (Å²) in [6.45, 7) is 6.86. The molecule has 0 saturated carbocycles. The average Bonchev–Trinajstić information content (AvgIpc) is 3.20. The van der Waals surface area contributed by atoms with Gasteiger partial charge in [0.05, 0.1) is 11.6 Å². The lowest BCUT2D eigenvalue weighted by Crippen LogP contribution is -2.58. The van der Waals surface area contributed by atoms with Crippen LogP contribution in [0.2, 0.25) is 0 Å². The minimum Gasteiger partial charge on any atom is -0.336 e. The molecule has 6 heteroatoms. The third kappa shape index (κ3) is 4.42. The molecule has 2 N–H and O–H groups in total. The number of carbonyl (C=O) groups excluding carboxylic acids is 1. The molecule has 4 saturated heterocycles. The normalized spacial score (nSPS) is 30.0. The van der Waals surface area contributed by atoms with E-state index in [4.69, 9.17) is 5.26 Å². The summed E-state index contributed by atoms with van der Waals surface area (Å²) < 4.78 is 0. The van der Waals surface area contributed by atoms with Gasteiger partial charge in [0.2, 0.25) is 0 Å². The molecule has 5 rings (SSSR count). The lowest BCUT2D eigenvalue weighted by atomic mass is 9.75. The topological polar surface area (TPSA) is 71.4 Å². The monoisotopic (exact) mass is 367 g/mol. The van der Waals surface area contributed by atoms with Crippen LogP contribution in [0.5, 0.6) is 0 Å². The first-order chi connectivity index (χ1) is 13.2. The lowest BCUT2D eigenvalue weighted by Gasteiger charge is -2.50. The van der Waals surface area contributed by atoms with Gasteiger partial charge in [-0.25, -0.2) is 4.79 Å². The number of rotatable bonds is 5. The molecule has 0 aromatic heterocycles. The van der Waals surface area contributed by atoms with Gasteiger partial charge in [-0.15, -0.1) is 0 Å². The van der Waals surface area contributed by atoms with Crippen molar-refractivity contribution < 1.29 is 4.79 Å². The number of nitrogens with one attached hydrogen (secondary N) is 2. The average molecular weight is 367 g/mol. The van der Waals surface area contributed by atoms with Crippen molar-refractivity contribution in [1.29, 1.82) is 5.26 Å². The number of fused-ring (bicyclic) bond motifs is 3. The fraction of sp³-hybridized carbons (Fsp3) is 0.619. The highest BCUT2D eigenvalue weighted by atomic mass is 16.2. The van der Waals surface area contributed by atoms with E-state index >= 15 is 0 Å². The van der Waals surface area contributed by atoms with Crippen LogP contribution in [-0.2, 0) is 0 Å². The minimum atomic E-state index is -0.193. The first-order valence-electron chi connectivity index (χ1n) is 10.2. The first-order valence-corrected chi connectivity index (χ1v) is 10.2. The van der Waals surface area contributed by atoms with E-state index in [-0.39, 0.29) is 6.03 Å². The highest BCUT2D eigenvalue weighted by Gasteiger charge is 2.40. The number of amides is 2. The van der Waals surface area contributed by atoms with Gasteiger partial charge >= 0.3 is 6.03 Å². The van der Waals surface area contributed by atoms with Crippen LogP contribution in [0.25, 0.3) is 0 Å². The largest absolute Gasteiger partial charge is 0.336 e. The quantitative estimate of drug-likeness (QED) is 0.839. The fourth-order valence-corrected chi connectivity index (χ4v) is 5.02. The van der Waals surface area contributed by atoms with Crippen LogP contribution >= 0.6 is 0 Å². The first kappa shape index (κ1) is 18.3. The van der Waals surface area contributed by atoms with Crippen molar-refractivity contribution in [3.8, 4) is 6.07 Å². The van der Waals surface area contributed by atoms with Gasteiger partial charge in [0.15, 0.2) is 0 Å². The molecule has 4 aliphatic rings. The predicted octanol–water partition coefficient (Wildman–Crippen LogP) is 2.49. The zero-order valence-electron chi connectivity index (χ0n) is 15.9. The van der Waals surface area contributed by atoms with E-state index in [0.29, 0.717) is 23.8 Å². The summed E-state index contributed by atoms with van der Waals surface area (Å²) >= 11 is 0. The van der Waals surface area contributed by atoms with Crippen LogP contribution in [-0.4, -0.2) is 61.1 Å². The molecule has 1 aromatic rings. The number of hydrogen-bond donors (Lipinski definition) is 2. The smallest absolute Gasteiger partial charge is 0.319 e. The highest BCUT2D eigenvalue weighted by Crippen LogP contribution is 2.36. The molecule has 0 spiro atoms. The van der Waals surface area contributed by atoms with Gasteiger partial charge in [-0.1, -0.05) is 6.07 Å². The van der Waals surface area contributed by atoms with Crippen LogP contribution in [0.3, 0.4) is 0 Å². The third-order valence-corrected chi connectivity index (χ3v) is 6.45. The number of hydrogen-bond acceptors (Lipinski definition) is 4. The van der Waals surface area contributed by atoms with E-state index < -0.39 is 0 Å². The maximum Gasteiger partial charge on any atom is 0.319 e. The summed E-state index contributed by atoms with van der Waals surface area (Å²) in [5, 5.41) is 14.8. The Balaban J connectivity index is 1.24. The Kier molecular flexibility index (Phi) is 5.61. The number of nitriles is 1. The third-order valence-electron chi connectivity index (χ3n) is 6.45. The van der Waals surface area contributed by atoms with Crippen molar-refractivity contribution in [3.05, 3.63) is 29.8 Å². The molecule has 1 aromatic carbocycles. The van der Waals surface area contributed by atoms with E-state index in [1.54, 1.807) is 24.3 Å². The minimum absolute atomic E-state index is 0.193. The van der Waals surface area contributed by atoms with Gasteiger partial charge < -0.3 is 15.5 Å². The molecule has 4 atom stereocenters. The molecular formula is C21H29N5O. The summed E-state index contributed by atoms with van der Waals surface area (Å²) in [7, 11) is 0. The van der Waals surface area contributed by atoms with Crippen LogP contribution in [0, 0.1) is 23.2 Å². The van der Waals surface area contributed by atoms with Gasteiger partial charge in [0.1, 0.15) is 0 Å². The Morgan fingerprint density at radius 2 is 2.11 bits per heavy atom. The number of nitrogens with zero attached hydrogens (tertiary/aromatic N) is 3. The Labute approximate surface area is 161 Å². The second kappa shape index (κ2) is 8.28. The fourth-order valence-electron chi connectivity index (χ4n) is 5.02. The number of anilines is 1. The number of piperidine rings is 3. The summed E-state index contributed by atoms with van der Waals surface area (Å²) in [5.74, 6) is 1.61. The van der Waals surface area contributed by atoms with Gasteiger partial charge in [0.25, 0.3) is 0 Å². The van der Waals surface area contributed by atoms with E-state index in [1.807, 2.05) is 0 Å². The molecule has 4 heterocycles. The van der Waals surface area contributed by atoms with Gasteiger partial charge in [0, 0.05) is 31.4 Å². The van der Waals surface area contributed by atoms with Crippen LogP contribution < -0.4 is 10.6 Å². The molecule has 27 heavy (non-hydrogen) atoms. The van der Waals surface area contributed by atoms with Gasteiger partial charge in [-0.3, -0.25) is 4.90 Å². The molecule has 2 amide bonds. The molecular weight excluding hydrogens is 338 g/mol. The number of urea groups is 1. The SMILES string of the molecule is N#Cc1cccc(NC(=O)NCC2CC3CCN2CC3CN2CCCC2)c1. The second-order valence-corrected chi connectivity index (χ2v) is 8.23. The van der Waals surface area contributed by atoms with Crippen molar-refractivity contribution in [3.63, 3.8) is 0 Å². The van der Waals surface area contributed by atoms with E-state index in [2.05, 4.69) is 26.5 Å². The second-order valence-electron chi connectivity index (χ2n) is 8.23. The number of likely N-dealkylation sites (tertiary alicyclic amines) is 1. The van der Waals surface area contributed by atoms with Crippen LogP contribution in [0.15, 0.2) is 24.3 Å². The van der Waals surface area contributed by atoms with Crippen molar-refractivity contribution in [2.45, 2.75) is 31.7 Å². The Bertz CT molecular complexity index is 709. The molecule has 2 bridgehead atoms. The van der Waals surface area contributed by atoms with Crippen LogP contribution in [0.4, 0.5) is 10.5 Å². The van der Waals surface area contributed by atoms with Gasteiger partial charge in [-0.05, 0) is 75.4 Å². The van der Waals surface area contributed by atoms with Crippen molar-refractivity contribution in [1.82, 2.24) is 15.1 Å². The Morgan fingerprint density at radius 3 is 2.85 bits per heavy atom. The Hall–Kier alpha value is -2.10. The molecule has 6 nitrogen and oxygen atoms in total. The molecule has 4 fully saturated rings. The summed E-state index contributed by atoms with van der Waals surface area (Å²) in [6.07, 6.45) is 5.23. The molecule has 144 valence electrons.